The molecule has 1 aromatic rings. The summed E-state index contributed by atoms with van der Waals surface area (Å²) in [6.45, 7) is 3.85. The second-order valence-corrected chi connectivity index (χ2v) is 5.41. The van der Waals surface area contributed by atoms with Gasteiger partial charge in [0.25, 0.3) is 0 Å². The number of hydrogen-bond acceptors (Lipinski definition) is 4. The normalized spacial score (nSPS) is 20.5. The molecule has 3 rings (SSSR count). The first-order valence-corrected chi connectivity index (χ1v) is 6.60. The molecule has 1 amide bonds. The van der Waals surface area contributed by atoms with Crippen LogP contribution in [0.1, 0.15) is 12.0 Å². The topological polar surface area (TPSA) is 51.7 Å². The molecule has 0 aliphatic carbocycles. The fourth-order valence-corrected chi connectivity index (χ4v) is 2.67. The minimum Gasteiger partial charge on any atom is -0.381 e. The number of ether oxygens (including phenoxy) is 2. The molecule has 0 bridgehead atoms. The molecule has 19 heavy (non-hydrogen) atoms. The lowest BCUT2D eigenvalue weighted by molar-refractivity contribution is -0.148. The molecule has 2 fully saturated rings. The maximum atomic E-state index is 11.9. The second kappa shape index (κ2) is 5.27. The molecule has 1 aromatic heterocycles. The minimum absolute atomic E-state index is 0.0708. The molecule has 2 aliphatic rings. The van der Waals surface area contributed by atoms with E-state index in [4.69, 9.17) is 9.47 Å². The van der Waals surface area contributed by atoms with Gasteiger partial charge in [-0.05, 0) is 18.1 Å². The largest absolute Gasteiger partial charge is 0.381 e. The number of carbonyl (C=O) groups is 1. The van der Waals surface area contributed by atoms with Gasteiger partial charge in [-0.3, -0.25) is 9.78 Å². The lowest BCUT2D eigenvalue weighted by atomic mass is 9.79. The van der Waals surface area contributed by atoms with Crippen LogP contribution in [0.5, 0.6) is 0 Å². The Kier molecular flexibility index (Phi) is 3.48. The van der Waals surface area contributed by atoms with E-state index in [0.717, 1.165) is 38.3 Å². The van der Waals surface area contributed by atoms with Crippen LogP contribution in [0.15, 0.2) is 24.5 Å². The van der Waals surface area contributed by atoms with Crippen molar-refractivity contribution in [3.8, 4) is 0 Å². The van der Waals surface area contributed by atoms with Crippen LogP contribution in [-0.4, -0.2) is 48.7 Å². The lowest BCUT2D eigenvalue weighted by Gasteiger charge is -2.47. The molecule has 2 saturated heterocycles. The van der Waals surface area contributed by atoms with E-state index in [9.17, 15) is 4.79 Å². The van der Waals surface area contributed by atoms with E-state index in [-0.39, 0.29) is 17.9 Å². The number of rotatable bonds is 4. The first kappa shape index (κ1) is 12.6. The van der Waals surface area contributed by atoms with Gasteiger partial charge >= 0.3 is 0 Å². The van der Waals surface area contributed by atoms with Crippen molar-refractivity contribution in [2.75, 3.05) is 32.9 Å². The van der Waals surface area contributed by atoms with Gasteiger partial charge in [0.15, 0.2) is 0 Å². The molecular weight excluding hydrogens is 244 g/mol. The van der Waals surface area contributed by atoms with Crippen LogP contribution in [0.4, 0.5) is 0 Å². The van der Waals surface area contributed by atoms with Gasteiger partial charge in [0.2, 0.25) is 5.91 Å². The minimum atomic E-state index is 0.0708. The molecule has 0 atom stereocenters. The van der Waals surface area contributed by atoms with Gasteiger partial charge in [-0.25, -0.2) is 0 Å². The zero-order valence-electron chi connectivity index (χ0n) is 10.9. The molecule has 0 unspecified atom stereocenters. The van der Waals surface area contributed by atoms with Crippen molar-refractivity contribution in [2.24, 2.45) is 5.41 Å². The first-order valence-electron chi connectivity index (χ1n) is 6.60. The van der Waals surface area contributed by atoms with Gasteiger partial charge < -0.3 is 14.4 Å². The number of carbonyl (C=O) groups excluding carboxylic acids is 1. The van der Waals surface area contributed by atoms with Gasteiger partial charge in [0, 0.05) is 37.5 Å². The molecule has 5 nitrogen and oxygen atoms in total. The van der Waals surface area contributed by atoms with E-state index in [1.807, 2.05) is 17.0 Å². The Hall–Kier alpha value is -1.46. The van der Waals surface area contributed by atoms with Crippen LogP contribution in [0, 0.1) is 5.41 Å². The van der Waals surface area contributed by atoms with Gasteiger partial charge in [-0.15, -0.1) is 0 Å². The van der Waals surface area contributed by atoms with E-state index >= 15 is 0 Å². The Balaban J connectivity index is 1.38. The van der Waals surface area contributed by atoms with E-state index < -0.39 is 0 Å². The Morgan fingerprint density at radius 1 is 1.53 bits per heavy atom. The van der Waals surface area contributed by atoms with Gasteiger partial charge in [-0.1, -0.05) is 6.07 Å². The average Bonchev–Trinajstić information content (AvgIpc) is 2.87. The van der Waals surface area contributed by atoms with E-state index in [1.165, 1.54) is 0 Å². The summed E-state index contributed by atoms with van der Waals surface area (Å²) in [5, 5.41) is 0. The number of nitrogens with zero attached hydrogens (tertiary/aromatic N) is 2. The van der Waals surface area contributed by atoms with Gasteiger partial charge in [-0.2, -0.15) is 0 Å². The summed E-state index contributed by atoms with van der Waals surface area (Å²) in [4.78, 5) is 17.8. The van der Waals surface area contributed by atoms with Gasteiger partial charge in [0.1, 0.15) is 6.61 Å². The maximum Gasteiger partial charge on any atom is 0.248 e. The van der Waals surface area contributed by atoms with Crippen LogP contribution in [0.3, 0.4) is 0 Å². The molecule has 3 heterocycles. The smallest absolute Gasteiger partial charge is 0.248 e. The maximum absolute atomic E-state index is 11.9. The van der Waals surface area contributed by atoms with Crippen LogP contribution in [0.25, 0.3) is 0 Å². The molecule has 0 N–H and O–H groups in total. The van der Waals surface area contributed by atoms with E-state index in [1.54, 1.807) is 12.4 Å². The third-order valence-electron chi connectivity index (χ3n) is 3.81. The molecule has 1 spiro atoms. The molecule has 0 aromatic carbocycles. The fourth-order valence-electron chi connectivity index (χ4n) is 2.67. The van der Waals surface area contributed by atoms with E-state index in [2.05, 4.69) is 4.98 Å². The average molecular weight is 262 g/mol. The predicted molar refractivity (Wildman–Crippen MR) is 68.3 cm³/mol. The molecule has 0 saturated carbocycles. The summed E-state index contributed by atoms with van der Waals surface area (Å²) in [6.07, 6.45) is 4.55. The Bertz CT molecular complexity index is 435. The third-order valence-corrected chi connectivity index (χ3v) is 3.81. The summed E-state index contributed by atoms with van der Waals surface area (Å²) >= 11 is 0. The number of pyridine rings is 1. The zero-order chi connectivity index (χ0) is 13.1. The second-order valence-electron chi connectivity index (χ2n) is 5.41. The fraction of sp³-hybridized carbons (Fsp3) is 0.571. The summed E-state index contributed by atoms with van der Waals surface area (Å²) in [5.41, 5.74) is 1.23. The Morgan fingerprint density at radius 2 is 2.42 bits per heavy atom. The summed E-state index contributed by atoms with van der Waals surface area (Å²) < 4.78 is 10.8. The van der Waals surface area contributed by atoms with Crippen molar-refractivity contribution in [2.45, 2.75) is 13.0 Å². The number of amides is 1. The highest BCUT2D eigenvalue weighted by molar-refractivity contribution is 5.78. The first-order chi connectivity index (χ1) is 9.27. The summed E-state index contributed by atoms with van der Waals surface area (Å²) in [7, 11) is 0. The third kappa shape index (κ3) is 2.77. The van der Waals surface area contributed by atoms with Crippen molar-refractivity contribution >= 4 is 5.91 Å². The highest BCUT2D eigenvalue weighted by Crippen LogP contribution is 2.38. The van der Waals surface area contributed by atoms with Crippen molar-refractivity contribution in [1.82, 2.24) is 9.88 Å². The van der Waals surface area contributed by atoms with Crippen LogP contribution in [0.2, 0.25) is 0 Å². The monoisotopic (exact) mass is 262 g/mol. The quantitative estimate of drug-likeness (QED) is 0.807. The Morgan fingerprint density at radius 3 is 3.11 bits per heavy atom. The van der Waals surface area contributed by atoms with Crippen LogP contribution in [-0.2, 0) is 20.9 Å². The highest BCUT2D eigenvalue weighted by Gasteiger charge is 2.47. The zero-order valence-corrected chi connectivity index (χ0v) is 10.9. The predicted octanol–water partition coefficient (Wildman–Crippen LogP) is 0.847. The van der Waals surface area contributed by atoms with Crippen LogP contribution < -0.4 is 0 Å². The van der Waals surface area contributed by atoms with Crippen molar-refractivity contribution in [3.63, 3.8) is 0 Å². The van der Waals surface area contributed by atoms with Crippen molar-refractivity contribution in [1.29, 1.82) is 0 Å². The highest BCUT2D eigenvalue weighted by atomic mass is 16.5. The Labute approximate surface area is 112 Å². The van der Waals surface area contributed by atoms with E-state index in [0.29, 0.717) is 6.61 Å². The van der Waals surface area contributed by atoms with Crippen LogP contribution >= 0.6 is 0 Å². The standard InChI is InChI=1S/C14H18N2O3/c17-13(8-19-7-12-2-1-4-15-6-12)16-9-14(10-16)3-5-18-11-14/h1-2,4,6H,3,5,7-11H2. The summed E-state index contributed by atoms with van der Waals surface area (Å²) in [6, 6.07) is 3.80. The number of likely N-dealkylation sites (tertiary alicyclic amines) is 1. The molecule has 0 radical (unpaired) electrons. The molecule has 102 valence electrons. The molecule has 2 aliphatic heterocycles. The van der Waals surface area contributed by atoms with Crippen molar-refractivity contribution in [3.05, 3.63) is 30.1 Å². The molecule has 5 heteroatoms. The summed E-state index contributed by atoms with van der Waals surface area (Å²) in [5.74, 6) is 0.0708. The molecular formula is C14H18N2O3. The van der Waals surface area contributed by atoms with Crippen molar-refractivity contribution < 1.29 is 14.3 Å². The number of hydrogen-bond donors (Lipinski definition) is 0. The lowest BCUT2D eigenvalue weighted by Crippen LogP contribution is -2.59. The van der Waals surface area contributed by atoms with Gasteiger partial charge in [0.05, 0.1) is 13.2 Å². The SMILES string of the molecule is O=C(COCc1cccnc1)N1CC2(CCOC2)C1. The number of aromatic nitrogens is 1.